The summed E-state index contributed by atoms with van der Waals surface area (Å²) < 4.78 is 0. The third kappa shape index (κ3) is 2.56. The van der Waals surface area contributed by atoms with E-state index in [0.29, 0.717) is 19.4 Å². The van der Waals surface area contributed by atoms with Gasteiger partial charge < -0.3 is 4.90 Å². The van der Waals surface area contributed by atoms with Crippen molar-refractivity contribution >= 4 is 22.8 Å². The predicted octanol–water partition coefficient (Wildman–Crippen LogP) is 2.48. The molecule has 2 aliphatic rings. The Hall–Kier alpha value is -2.47. The van der Waals surface area contributed by atoms with Crippen molar-refractivity contribution in [2.75, 3.05) is 26.7 Å². The summed E-state index contributed by atoms with van der Waals surface area (Å²) in [5.74, 6) is -0.0409. The van der Waals surface area contributed by atoms with Gasteiger partial charge in [0, 0.05) is 44.8 Å². The molecule has 0 unspecified atom stereocenters. The summed E-state index contributed by atoms with van der Waals surface area (Å²) in [6, 6.07) is 10.2. The number of urea groups is 1. The first-order valence-electron chi connectivity index (χ1n) is 9.21. The molecular weight excluding hydrogens is 328 g/mol. The maximum absolute atomic E-state index is 12.7. The van der Waals surface area contributed by atoms with E-state index in [4.69, 9.17) is 0 Å². The second-order valence-corrected chi connectivity index (χ2v) is 7.23. The first-order valence-corrected chi connectivity index (χ1v) is 9.21. The number of hydrogen-bond acceptors (Lipinski definition) is 4. The van der Waals surface area contributed by atoms with Gasteiger partial charge in [0.1, 0.15) is 5.54 Å². The Morgan fingerprint density at radius 3 is 2.65 bits per heavy atom. The number of pyridine rings is 1. The minimum atomic E-state index is -0.635. The fourth-order valence-corrected chi connectivity index (χ4v) is 4.36. The smallest absolute Gasteiger partial charge is 0.310 e. The van der Waals surface area contributed by atoms with E-state index in [9.17, 15) is 9.59 Å². The van der Waals surface area contributed by atoms with Gasteiger partial charge in [-0.05, 0) is 43.5 Å². The number of piperidine rings is 1. The van der Waals surface area contributed by atoms with Crippen LogP contribution in [0.4, 0.5) is 4.79 Å². The highest BCUT2D eigenvalue weighted by atomic mass is 16.2. The van der Waals surface area contributed by atoms with E-state index in [0.717, 1.165) is 30.5 Å². The molecule has 4 rings (SSSR count). The molecule has 0 saturated carbocycles. The summed E-state index contributed by atoms with van der Waals surface area (Å²) in [7, 11) is 1.59. The molecule has 6 nitrogen and oxygen atoms in total. The zero-order valence-electron chi connectivity index (χ0n) is 15.3. The number of amides is 3. The number of fused-ring (bicyclic) bond motifs is 1. The number of aromatic nitrogens is 1. The van der Waals surface area contributed by atoms with E-state index in [1.165, 1.54) is 10.5 Å². The number of likely N-dealkylation sites (N-methyl/N-ethyl adjacent to an activating group) is 2. The molecule has 1 aromatic heterocycles. The van der Waals surface area contributed by atoms with Gasteiger partial charge in [-0.15, -0.1) is 0 Å². The summed E-state index contributed by atoms with van der Waals surface area (Å²) in [5, 5.41) is 1.15. The molecule has 2 fully saturated rings. The molecule has 1 aromatic carbocycles. The van der Waals surface area contributed by atoms with Gasteiger partial charge in [0.25, 0.3) is 5.91 Å². The minimum absolute atomic E-state index is 0.0409. The second kappa shape index (κ2) is 6.36. The van der Waals surface area contributed by atoms with Crippen LogP contribution in [0.15, 0.2) is 36.5 Å². The second-order valence-electron chi connectivity index (χ2n) is 7.23. The number of rotatable bonds is 3. The fraction of sp³-hybridized carbons (Fsp3) is 0.450. The van der Waals surface area contributed by atoms with E-state index >= 15 is 0 Å². The van der Waals surface area contributed by atoms with Gasteiger partial charge in [-0.25, -0.2) is 4.79 Å². The van der Waals surface area contributed by atoms with E-state index in [2.05, 4.69) is 34.1 Å². The third-order valence-electron chi connectivity index (χ3n) is 5.81. The Morgan fingerprint density at radius 1 is 1.15 bits per heavy atom. The van der Waals surface area contributed by atoms with Crippen molar-refractivity contribution < 1.29 is 9.59 Å². The lowest BCUT2D eigenvalue weighted by Crippen LogP contribution is -2.56. The van der Waals surface area contributed by atoms with Gasteiger partial charge in [0.2, 0.25) is 0 Å². The number of carbonyl (C=O) groups excluding carboxylic acids is 2. The van der Waals surface area contributed by atoms with Crippen LogP contribution in [0.25, 0.3) is 10.9 Å². The van der Waals surface area contributed by atoms with Gasteiger partial charge in [-0.3, -0.25) is 19.6 Å². The standard InChI is InChI=1S/C20H24N4O2/c1-3-24-19(26)22(2)18(25)20(24)8-11-23(12-9-20)14-15-6-7-17-16(13-15)5-4-10-21-17/h4-7,10,13H,3,8-9,11-12,14H2,1-2H3. The van der Waals surface area contributed by atoms with Crippen molar-refractivity contribution in [3.05, 3.63) is 42.1 Å². The maximum Gasteiger partial charge on any atom is 0.327 e. The van der Waals surface area contributed by atoms with Gasteiger partial charge in [0.15, 0.2) is 0 Å². The van der Waals surface area contributed by atoms with Gasteiger partial charge in [0.05, 0.1) is 5.52 Å². The number of likely N-dealkylation sites (tertiary alicyclic amines) is 1. The summed E-state index contributed by atoms with van der Waals surface area (Å²) in [6.07, 6.45) is 3.21. The molecule has 2 aromatic rings. The normalized spacial score (nSPS) is 20.5. The topological polar surface area (TPSA) is 56.8 Å². The number of carbonyl (C=O) groups is 2. The largest absolute Gasteiger partial charge is 0.327 e. The summed E-state index contributed by atoms with van der Waals surface area (Å²) in [6.45, 7) is 5.00. The van der Waals surface area contributed by atoms with Crippen LogP contribution in [0.3, 0.4) is 0 Å². The van der Waals surface area contributed by atoms with Crippen molar-refractivity contribution in [2.24, 2.45) is 0 Å². The number of nitrogens with zero attached hydrogens (tertiary/aromatic N) is 4. The molecule has 2 aliphatic heterocycles. The first kappa shape index (κ1) is 17.0. The molecule has 26 heavy (non-hydrogen) atoms. The van der Waals surface area contributed by atoms with Gasteiger partial charge >= 0.3 is 6.03 Å². The molecule has 0 radical (unpaired) electrons. The van der Waals surface area contributed by atoms with Crippen LogP contribution in [0.1, 0.15) is 25.3 Å². The van der Waals surface area contributed by atoms with Crippen molar-refractivity contribution in [1.29, 1.82) is 0 Å². The summed E-state index contributed by atoms with van der Waals surface area (Å²) in [5.41, 5.74) is 1.62. The van der Waals surface area contributed by atoms with Crippen LogP contribution in [0, 0.1) is 0 Å². The van der Waals surface area contributed by atoms with Gasteiger partial charge in [-0.1, -0.05) is 12.1 Å². The van der Waals surface area contributed by atoms with Crippen LogP contribution in [0.2, 0.25) is 0 Å². The third-order valence-corrected chi connectivity index (χ3v) is 5.81. The van der Waals surface area contributed by atoms with Crippen LogP contribution >= 0.6 is 0 Å². The highest BCUT2D eigenvalue weighted by Crippen LogP contribution is 2.36. The lowest BCUT2D eigenvalue weighted by Gasteiger charge is -2.42. The highest BCUT2D eigenvalue weighted by Gasteiger charge is 2.56. The van der Waals surface area contributed by atoms with Crippen LogP contribution in [-0.2, 0) is 11.3 Å². The average molecular weight is 352 g/mol. The molecule has 2 saturated heterocycles. The first-order chi connectivity index (χ1) is 12.5. The molecule has 136 valence electrons. The Bertz CT molecular complexity index is 858. The van der Waals surface area contributed by atoms with E-state index < -0.39 is 5.54 Å². The zero-order valence-corrected chi connectivity index (χ0v) is 15.3. The molecule has 0 N–H and O–H groups in total. The molecule has 1 spiro atoms. The minimum Gasteiger partial charge on any atom is -0.310 e. The van der Waals surface area contributed by atoms with Crippen molar-refractivity contribution in [2.45, 2.75) is 31.8 Å². The molecule has 3 heterocycles. The summed E-state index contributed by atoms with van der Waals surface area (Å²) >= 11 is 0. The molecule has 6 heteroatoms. The van der Waals surface area contributed by atoms with Crippen LogP contribution < -0.4 is 0 Å². The Balaban J connectivity index is 1.48. The lowest BCUT2D eigenvalue weighted by molar-refractivity contribution is -0.134. The lowest BCUT2D eigenvalue weighted by atomic mass is 9.85. The fourth-order valence-electron chi connectivity index (χ4n) is 4.36. The Kier molecular flexibility index (Phi) is 4.15. The van der Waals surface area contributed by atoms with Crippen molar-refractivity contribution in [3.8, 4) is 0 Å². The predicted molar refractivity (Wildman–Crippen MR) is 99.5 cm³/mol. The van der Waals surface area contributed by atoms with E-state index in [1.54, 1.807) is 11.9 Å². The Labute approximate surface area is 153 Å². The zero-order chi connectivity index (χ0) is 18.3. The van der Waals surface area contributed by atoms with Crippen LogP contribution in [0.5, 0.6) is 0 Å². The molecular formula is C20H24N4O2. The Morgan fingerprint density at radius 2 is 1.92 bits per heavy atom. The van der Waals surface area contributed by atoms with Gasteiger partial charge in [-0.2, -0.15) is 0 Å². The molecule has 0 bridgehead atoms. The average Bonchev–Trinajstić information content (AvgIpc) is 2.84. The van der Waals surface area contributed by atoms with Crippen molar-refractivity contribution in [3.63, 3.8) is 0 Å². The highest BCUT2D eigenvalue weighted by molar-refractivity contribution is 6.06. The van der Waals surface area contributed by atoms with E-state index in [-0.39, 0.29) is 11.9 Å². The van der Waals surface area contributed by atoms with E-state index in [1.807, 2.05) is 19.2 Å². The SMILES string of the molecule is CCN1C(=O)N(C)C(=O)C12CCN(Cc1ccc3ncccc3c1)CC2. The molecule has 0 aliphatic carbocycles. The summed E-state index contributed by atoms with van der Waals surface area (Å²) in [4.78, 5) is 34.8. The van der Waals surface area contributed by atoms with Crippen LogP contribution in [-0.4, -0.2) is 63.8 Å². The molecule has 3 amide bonds. The number of hydrogen-bond donors (Lipinski definition) is 0. The number of benzene rings is 1. The number of imide groups is 1. The molecule has 0 atom stereocenters. The quantitative estimate of drug-likeness (QED) is 0.797. The monoisotopic (exact) mass is 352 g/mol. The van der Waals surface area contributed by atoms with Crippen molar-refractivity contribution in [1.82, 2.24) is 19.7 Å². The maximum atomic E-state index is 12.7.